The molecule has 0 aromatic heterocycles. The van der Waals surface area contributed by atoms with Crippen LogP contribution >= 0.6 is 23.8 Å². The molecule has 126 valence electrons. The number of nitrogens with one attached hydrogen (secondary N) is 2. The van der Waals surface area contributed by atoms with Gasteiger partial charge in [-0.2, -0.15) is 5.10 Å². The molecule has 0 saturated carbocycles. The normalized spacial score (nSPS) is 10.6. The molecule has 0 aliphatic carbocycles. The maximum atomic E-state index is 5.86. The minimum absolute atomic E-state index is 0.442. The lowest BCUT2D eigenvalue weighted by Crippen LogP contribution is -2.34. The van der Waals surface area contributed by atoms with Crippen molar-refractivity contribution in [3.63, 3.8) is 0 Å². The largest absolute Gasteiger partial charge is 0.457 e. The lowest BCUT2D eigenvalue weighted by atomic mass is 10.2. The Morgan fingerprint density at radius 3 is 2.75 bits per heavy atom. The van der Waals surface area contributed by atoms with Gasteiger partial charge >= 0.3 is 0 Å². The van der Waals surface area contributed by atoms with Crippen LogP contribution in [0, 0.1) is 0 Å². The van der Waals surface area contributed by atoms with Gasteiger partial charge in [0.25, 0.3) is 0 Å². The number of methoxy groups -OCH3 is 1. The fraction of sp³-hybridized carbons (Fsp3) is 0.176. The van der Waals surface area contributed by atoms with Crippen molar-refractivity contribution in [1.82, 2.24) is 10.7 Å². The monoisotopic (exact) mass is 363 g/mol. The highest BCUT2D eigenvalue weighted by Crippen LogP contribution is 2.23. The molecule has 0 unspecified atom stereocenters. The molecule has 0 bridgehead atoms. The van der Waals surface area contributed by atoms with Crippen molar-refractivity contribution in [2.75, 3.05) is 20.3 Å². The van der Waals surface area contributed by atoms with Crippen LogP contribution in [-0.2, 0) is 4.74 Å². The van der Waals surface area contributed by atoms with E-state index in [-0.39, 0.29) is 0 Å². The van der Waals surface area contributed by atoms with Gasteiger partial charge in [-0.3, -0.25) is 5.43 Å². The first-order chi connectivity index (χ1) is 11.7. The summed E-state index contributed by atoms with van der Waals surface area (Å²) in [6.07, 6.45) is 1.67. The molecule has 2 aromatic rings. The second kappa shape index (κ2) is 9.87. The smallest absolute Gasteiger partial charge is 0.187 e. The van der Waals surface area contributed by atoms with Crippen molar-refractivity contribution in [2.24, 2.45) is 5.10 Å². The number of ether oxygens (including phenoxy) is 2. The Bertz CT molecular complexity index is 692. The van der Waals surface area contributed by atoms with Gasteiger partial charge in [-0.1, -0.05) is 23.7 Å². The Kier molecular flexibility index (Phi) is 7.48. The van der Waals surface area contributed by atoms with Crippen molar-refractivity contribution in [1.29, 1.82) is 0 Å². The van der Waals surface area contributed by atoms with Crippen molar-refractivity contribution in [3.05, 3.63) is 59.1 Å². The molecule has 0 amide bonds. The second-order valence-electron chi connectivity index (χ2n) is 4.75. The molecule has 0 heterocycles. The van der Waals surface area contributed by atoms with E-state index in [4.69, 9.17) is 33.3 Å². The lowest BCUT2D eigenvalue weighted by molar-refractivity contribution is 0.204. The van der Waals surface area contributed by atoms with E-state index >= 15 is 0 Å². The Balaban J connectivity index is 1.89. The van der Waals surface area contributed by atoms with E-state index in [2.05, 4.69) is 15.8 Å². The van der Waals surface area contributed by atoms with E-state index in [9.17, 15) is 0 Å². The predicted molar refractivity (Wildman–Crippen MR) is 101 cm³/mol. The summed E-state index contributed by atoms with van der Waals surface area (Å²) in [6.45, 7) is 1.21. The summed E-state index contributed by atoms with van der Waals surface area (Å²) in [5.41, 5.74) is 3.63. The minimum atomic E-state index is 0.442. The Hall–Kier alpha value is -2.15. The van der Waals surface area contributed by atoms with Crippen LogP contribution in [-0.4, -0.2) is 31.6 Å². The summed E-state index contributed by atoms with van der Waals surface area (Å²) in [6, 6.07) is 14.7. The molecule has 2 rings (SSSR count). The van der Waals surface area contributed by atoms with Gasteiger partial charge in [0.05, 0.1) is 12.8 Å². The van der Waals surface area contributed by atoms with Crippen LogP contribution in [0.15, 0.2) is 53.6 Å². The first-order valence-corrected chi connectivity index (χ1v) is 8.05. The van der Waals surface area contributed by atoms with Crippen LogP contribution in [0.2, 0.25) is 5.02 Å². The second-order valence-corrected chi connectivity index (χ2v) is 5.59. The van der Waals surface area contributed by atoms with Gasteiger partial charge in [-0.15, -0.1) is 0 Å². The molecule has 0 spiro atoms. The first kappa shape index (κ1) is 18.2. The number of halogens is 1. The fourth-order valence-corrected chi connectivity index (χ4v) is 2.05. The standard InChI is InChI=1S/C17H18ClN3O2S/c1-22-10-9-19-17(24)21-20-12-13-3-2-4-16(11-13)23-15-7-5-14(18)6-8-15/h2-8,11-12H,9-10H2,1H3,(H2,19,21,24)/b20-12+. The van der Waals surface area contributed by atoms with Gasteiger partial charge in [0, 0.05) is 18.7 Å². The third kappa shape index (κ3) is 6.54. The number of hydrazone groups is 1. The van der Waals surface area contributed by atoms with Gasteiger partial charge in [0.15, 0.2) is 5.11 Å². The molecule has 0 radical (unpaired) electrons. The Morgan fingerprint density at radius 2 is 2.00 bits per heavy atom. The van der Waals surface area contributed by atoms with Crippen molar-refractivity contribution in [3.8, 4) is 11.5 Å². The third-order valence-electron chi connectivity index (χ3n) is 2.88. The summed E-state index contributed by atoms with van der Waals surface area (Å²) >= 11 is 10.9. The topological polar surface area (TPSA) is 54.9 Å². The van der Waals surface area contributed by atoms with E-state index in [0.29, 0.717) is 29.0 Å². The highest BCUT2D eigenvalue weighted by molar-refractivity contribution is 7.80. The van der Waals surface area contributed by atoms with Crippen molar-refractivity contribution < 1.29 is 9.47 Å². The van der Waals surface area contributed by atoms with Crippen LogP contribution in [0.1, 0.15) is 5.56 Å². The number of rotatable bonds is 7. The SMILES string of the molecule is COCCNC(=S)N/N=C/c1cccc(Oc2ccc(Cl)cc2)c1. The number of nitrogens with zero attached hydrogens (tertiary/aromatic N) is 1. The van der Waals surface area contributed by atoms with Gasteiger partial charge in [-0.05, 0) is 54.2 Å². The summed E-state index contributed by atoms with van der Waals surface area (Å²) in [4.78, 5) is 0. The molecular weight excluding hydrogens is 346 g/mol. The van der Waals surface area contributed by atoms with Crippen LogP contribution in [0.5, 0.6) is 11.5 Å². The molecule has 0 fully saturated rings. The fourth-order valence-electron chi connectivity index (χ4n) is 1.77. The van der Waals surface area contributed by atoms with Crippen LogP contribution in [0.25, 0.3) is 0 Å². The van der Waals surface area contributed by atoms with E-state index in [1.807, 2.05) is 36.4 Å². The molecule has 0 aliphatic rings. The Labute approximate surface area is 151 Å². The molecule has 7 heteroatoms. The van der Waals surface area contributed by atoms with Gasteiger partial charge in [-0.25, -0.2) is 0 Å². The first-order valence-electron chi connectivity index (χ1n) is 7.27. The van der Waals surface area contributed by atoms with Gasteiger partial charge in [0.1, 0.15) is 11.5 Å². The van der Waals surface area contributed by atoms with E-state index in [1.165, 1.54) is 0 Å². The molecule has 5 nitrogen and oxygen atoms in total. The minimum Gasteiger partial charge on any atom is -0.457 e. The van der Waals surface area contributed by atoms with E-state index < -0.39 is 0 Å². The zero-order valence-electron chi connectivity index (χ0n) is 13.2. The summed E-state index contributed by atoms with van der Waals surface area (Å²) in [7, 11) is 1.63. The van der Waals surface area contributed by atoms with Crippen molar-refractivity contribution in [2.45, 2.75) is 0 Å². The van der Waals surface area contributed by atoms with E-state index in [0.717, 1.165) is 11.3 Å². The number of thiocarbonyl (C=S) groups is 1. The zero-order chi connectivity index (χ0) is 17.2. The van der Waals surface area contributed by atoms with Crippen LogP contribution < -0.4 is 15.5 Å². The van der Waals surface area contributed by atoms with Crippen molar-refractivity contribution >= 4 is 35.1 Å². The molecule has 0 aliphatic heterocycles. The summed E-state index contributed by atoms with van der Waals surface area (Å²) in [5, 5.41) is 8.16. The molecule has 2 N–H and O–H groups in total. The number of benzene rings is 2. The van der Waals surface area contributed by atoms with Crippen LogP contribution in [0.4, 0.5) is 0 Å². The van der Waals surface area contributed by atoms with E-state index in [1.54, 1.807) is 25.5 Å². The number of hydrogen-bond acceptors (Lipinski definition) is 4. The van der Waals surface area contributed by atoms with Gasteiger partial charge in [0.2, 0.25) is 0 Å². The molecule has 24 heavy (non-hydrogen) atoms. The summed E-state index contributed by atoms with van der Waals surface area (Å²) in [5.74, 6) is 1.43. The third-order valence-corrected chi connectivity index (χ3v) is 3.37. The molecule has 2 aromatic carbocycles. The molecule has 0 saturated heterocycles. The average Bonchev–Trinajstić information content (AvgIpc) is 2.58. The Morgan fingerprint density at radius 1 is 1.21 bits per heavy atom. The summed E-state index contributed by atoms with van der Waals surface area (Å²) < 4.78 is 10.7. The molecule has 0 atom stereocenters. The van der Waals surface area contributed by atoms with Gasteiger partial charge < -0.3 is 14.8 Å². The quantitative estimate of drug-likeness (QED) is 0.341. The average molecular weight is 364 g/mol. The predicted octanol–water partition coefficient (Wildman–Crippen LogP) is 3.58. The highest BCUT2D eigenvalue weighted by atomic mass is 35.5. The zero-order valence-corrected chi connectivity index (χ0v) is 14.7. The maximum Gasteiger partial charge on any atom is 0.187 e. The van der Waals surface area contributed by atoms with Crippen LogP contribution in [0.3, 0.4) is 0 Å². The lowest BCUT2D eigenvalue weighted by Gasteiger charge is -2.07. The highest BCUT2D eigenvalue weighted by Gasteiger charge is 1.99. The maximum absolute atomic E-state index is 5.86. The molecular formula is C17H18ClN3O2S. The number of hydrogen-bond donors (Lipinski definition) is 2.